The minimum Gasteiger partial charge on any atom is -0.324 e. The molecule has 2 N–H and O–H groups in total. The molecule has 0 fully saturated rings. The van der Waals surface area contributed by atoms with Crippen molar-refractivity contribution in [2.75, 3.05) is 6.16 Å². The summed E-state index contributed by atoms with van der Waals surface area (Å²) in [5.74, 6) is 0. The maximum Gasteiger partial charge on any atom is 0.389 e. The lowest BCUT2D eigenvalue weighted by Gasteiger charge is -2.06. The Morgan fingerprint density at radius 1 is 1.17 bits per heavy atom. The van der Waals surface area contributed by atoms with Crippen LogP contribution in [0.3, 0.4) is 0 Å². The molecule has 0 aliphatic carbocycles. The summed E-state index contributed by atoms with van der Waals surface area (Å²) in [4.78, 5) is 16.6. The number of halogens is 3. The van der Waals surface area contributed by atoms with Crippen molar-refractivity contribution in [1.82, 2.24) is 0 Å². The first-order valence-corrected chi connectivity index (χ1v) is 5.12. The molecule has 3 nitrogen and oxygen atoms in total. The molecule has 0 saturated carbocycles. The highest BCUT2D eigenvalue weighted by Crippen LogP contribution is 2.36. The molecule has 0 atom stereocenters. The summed E-state index contributed by atoms with van der Waals surface area (Å²) in [6.45, 7) is 0. The molecular formula is C5H10F3O3P. The Morgan fingerprint density at radius 2 is 1.67 bits per heavy atom. The van der Waals surface area contributed by atoms with Crippen molar-refractivity contribution in [2.24, 2.45) is 0 Å². The molecule has 0 saturated heterocycles. The average molecular weight is 206 g/mol. The zero-order valence-electron chi connectivity index (χ0n) is 6.21. The Balaban J connectivity index is 3.41. The zero-order chi connectivity index (χ0) is 9.83. The molecule has 0 radical (unpaired) electrons. The zero-order valence-corrected chi connectivity index (χ0v) is 7.11. The first-order chi connectivity index (χ1) is 5.21. The van der Waals surface area contributed by atoms with E-state index in [2.05, 4.69) is 0 Å². The summed E-state index contributed by atoms with van der Waals surface area (Å²) >= 11 is 0. The third-order valence-corrected chi connectivity index (χ3v) is 2.06. The Hall–Kier alpha value is -0.0600. The topological polar surface area (TPSA) is 57.5 Å². The Kier molecular flexibility index (Phi) is 4.23. The van der Waals surface area contributed by atoms with Crippen LogP contribution in [0.1, 0.15) is 19.3 Å². The van der Waals surface area contributed by atoms with Gasteiger partial charge in [-0.15, -0.1) is 0 Å². The monoisotopic (exact) mass is 206 g/mol. The smallest absolute Gasteiger partial charge is 0.324 e. The summed E-state index contributed by atoms with van der Waals surface area (Å²) in [6, 6.07) is 0. The van der Waals surface area contributed by atoms with E-state index in [-0.39, 0.29) is 12.8 Å². The van der Waals surface area contributed by atoms with Gasteiger partial charge < -0.3 is 9.79 Å². The molecule has 7 heteroatoms. The summed E-state index contributed by atoms with van der Waals surface area (Å²) in [6.07, 6.45) is -6.00. The Morgan fingerprint density at radius 3 is 2.00 bits per heavy atom. The summed E-state index contributed by atoms with van der Waals surface area (Å²) in [5.41, 5.74) is 0. The van der Waals surface area contributed by atoms with Crippen molar-refractivity contribution in [3.8, 4) is 0 Å². The van der Waals surface area contributed by atoms with E-state index >= 15 is 0 Å². The van der Waals surface area contributed by atoms with E-state index < -0.39 is 26.4 Å². The van der Waals surface area contributed by atoms with Crippen LogP contribution in [0.4, 0.5) is 13.2 Å². The van der Waals surface area contributed by atoms with Crippen molar-refractivity contribution in [3.05, 3.63) is 0 Å². The quantitative estimate of drug-likeness (QED) is 0.545. The van der Waals surface area contributed by atoms with Crippen LogP contribution in [0.15, 0.2) is 0 Å². The molecule has 0 spiro atoms. The second kappa shape index (κ2) is 4.25. The van der Waals surface area contributed by atoms with Crippen molar-refractivity contribution in [1.29, 1.82) is 0 Å². The lowest BCUT2D eigenvalue weighted by Crippen LogP contribution is -2.06. The highest BCUT2D eigenvalue weighted by Gasteiger charge is 2.26. The van der Waals surface area contributed by atoms with Gasteiger partial charge in [0.25, 0.3) is 0 Å². The van der Waals surface area contributed by atoms with Crippen LogP contribution in [-0.2, 0) is 4.57 Å². The molecule has 74 valence electrons. The number of hydrogen-bond acceptors (Lipinski definition) is 1. The van der Waals surface area contributed by atoms with Crippen LogP contribution in [0.25, 0.3) is 0 Å². The van der Waals surface area contributed by atoms with Gasteiger partial charge >= 0.3 is 13.8 Å². The van der Waals surface area contributed by atoms with Gasteiger partial charge in [0.15, 0.2) is 0 Å². The Labute approximate surface area is 67.7 Å². The van der Waals surface area contributed by atoms with E-state index in [0.717, 1.165) is 0 Å². The van der Waals surface area contributed by atoms with Gasteiger partial charge in [0.05, 0.1) is 0 Å². The van der Waals surface area contributed by atoms with Crippen LogP contribution >= 0.6 is 7.60 Å². The maximum absolute atomic E-state index is 11.5. The molecular weight excluding hydrogens is 196 g/mol. The molecule has 0 aliphatic rings. The fraction of sp³-hybridized carbons (Fsp3) is 1.00. The van der Waals surface area contributed by atoms with Gasteiger partial charge in [0, 0.05) is 12.6 Å². The number of alkyl halides is 3. The standard InChI is InChI=1S/C5H10F3O3P/c6-5(7,8)3-1-2-4-12(9,10)11/h1-4H2,(H2,9,10,11). The Bertz CT molecular complexity index is 173. The van der Waals surface area contributed by atoms with Crippen LogP contribution in [0.2, 0.25) is 0 Å². The van der Waals surface area contributed by atoms with Gasteiger partial charge in [-0.25, -0.2) is 0 Å². The highest BCUT2D eigenvalue weighted by molar-refractivity contribution is 7.51. The largest absolute Gasteiger partial charge is 0.389 e. The minimum absolute atomic E-state index is 0.0935. The van der Waals surface area contributed by atoms with Crippen LogP contribution in [0.5, 0.6) is 0 Å². The molecule has 0 unspecified atom stereocenters. The predicted molar refractivity (Wildman–Crippen MR) is 36.8 cm³/mol. The molecule has 0 heterocycles. The fourth-order valence-electron chi connectivity index (χ4n) is 0.643. The molecule has 0 bridgehead atoms. The molecule has 0 rings (SSSR count). The van der Waals surface area contributed by atoms with E-state index in [1.807, 2.05) is 0 Å². The first-order valence-electron chi connectivity index (χ1n) is 3.32. The minimum atomic E-state index is -4.23. The fourth-order valence-corrected chi connectivity index (χ4v) is 1.28. The third kappa shape index (κ3) is 9.94. The normalized spacial score (nSPS) is 13.4. The van der Waals surface area contributed by atoms with E-state index in [4.69, 9.17) is 9.79 Å². The molecule has 0 amide bonds. The van der Waals surface area contributed by atoms with Crippen molar-refractivity contribution < 1.29 is 27.5 Å². The second-order valence-corrected chi connectivity index (χ2v) is 4.24. The van der Waals surface area contributed by atoms with Crippen LogP contribution in [0, 0.1) is 0 Å². The van der Waals surface area contributed by atoms with E-state index in [1.165, 1.54) is 0 Å². The predicted octanol–water partition coefficient (Wildman–Crippen LogP) is 1.90. The average Bonchev–Trinajstić information content (AvgIpc) is 1.76. The van der Waals surface area contributed by atoms with Gasteiger partial charge in [0.2, 0.25) is 0 Å². The van der Waals surface area contributed by atoms with Gasteiger partial charge in [-0.2, -0.15) is 13.2 Å². The molecule has 12 heavy (non-hydrogen) atoms. The van der Waals surface area contributed by atoms with Gasteiger partial charge in [-0.3, -0.25) is 4.57 Å². The molecule has 0 aromatic carbocycles. The number of rotatable bonds is 4. The van der Waals surface area contributed by atoms with E-state index in [0.29, 0.717) is 0 Å². The van der Waals surface area contributed by atoms with E-state index in [9.17, 15) is 17.7 Å². The highest BCUT2D eigenvalue weighted by atomic mass is 31.2. The SMILES string of the molecule is O=P(O)(O)CCCCC(F)(F)F. The first kappa shape index (κ1) is 11.9. The van der Waals surface area contributed by atoms with Crippen molar-refractivity contribution >= 4 is 7.60 Å². The van der Waals surface area contributed by atoms with Crippen molar-refractivity contribution in [2.45, 2.75) is 25.4 Å². The van der Waals surface area contributed by atoms with Crippen molar-refractivity contribution in [3.63, 3.8) is 0 Å². The molecule has 0 aromatic heterocycles. The van der Waals surface area contributed by atoms with Gasteiger partial charge in [0.1, 0.15) is 0 Å². The lowest BCUT2D eigenvalue weighted by molar-refractivity contribution is -0.135. The summed E-state index contributed by atoms with van der Waals surface area (Å²) in [7, 11) is -4.12. The second-order valence-electron chi connectivity index (χ2n) is 2.46. The van der Waals surface area contributed by atoms with Crippen LogP contribution < -0.4 is 0 Å². The summed E-state index contributed by atoms with van der Waals surface area (Å²) in [5, 5.41) is 0. The number of unbranched alkanes of at least 4 members (excludes halogenated alkanes) is 1. The van der Waals surface area contributed by atoms with Crippen LogP contribution in [-0.4, -0.2) is 22.1 Å². The molecule has 0 aromatic rings. The van der Waals surface area contributed by atoms with Gasteiger partial charge in [-0.1, -0.05) is 0 Å². The maximum atomic E-state index is 11.5. The van der Waals surface area contributed by atoms with Gasteiger partial charge in [-0.05, 0) is 12.8 Å². The number of hydrogen-bond donors (Lipinski definition) is 2. The third-order valence-electron chi connectivity index (χ3n) is 1.16. The van der Waals surface area contributed by atoms with E-state index in [1.54, 1.807) is 0 Å². The lowest BCUT2D eigenvalue weighted by atomic mass is 10.2. The molecule has 0 aliphatic heterocycles. The summed E-state index contributed by atoms with van der Waals surface area (Å²) < 4.78 is 44.6.